The molecule has 2 N–H and O–H groups in total. The first kappa shape index (κ1) is 24.1. The summed E-state index contributed by atoms with van der Waals surface area (Å²) >= 11 is 1.54. The van der Waals surface area contributed by atoms with Gasteiger partial charge < -0.3 is 15.4 Å². The number of benzene rings is 3. The molecule has 0 atom stereocenters. The summed E-state index contributed by atoms with van der Waals surface area (Å²) in [5.74, 6) is -1.31. The lowest BCUT2D eigenvalue weighted by atomic mass is 10.1. The molecule has 2 amide bonds. The fourth-order valence-electron chi connectivity index (χ4n) is 3.41. The third-order valence-corrected chi connectivity index (χ3v) is 6.36. The van der Waals surface area contributed by atoms with Gasteiger partial charge in [-0.1, -0.05) is 54.1 Å². The van der Waals surface area contributed by atoms with Crippen LogP contribution in [-0.2, 0) is 27.3 Å². The van der Waals surface area contributed by atoms with Crippen LogP contribution < -0.4 is 10.6 Å². The Morgan fingerprint density at radius 3 is 2.49 bits per heavy atom. The van der Waals surface area contributed by atoms with E-state index in [1.54, 1.807) is 24.3 Å². The number of hydrogen-bond acceptors (Lipinski definition) is 6. The maximum atomic E-state index is 12.7. The smallest absolute Gasteiger partial charge is 0.306 e. The van der Waals surface area contributed by atoms with Gasteiger partial charge in [-0.2, -0.15) is 0 Å². The number of hydrogen-bond donors (Lipinski definition) is 2. The van der Waals surface area contributed by atoms with E-state index in [2.05, 4.69) is 15.6 Å². The number of nitrogens with one attached hydrogen (secondary N) is 2. The second kappa shape index (κ2) is 11.4. The number of carbonyl (C=O) groups is 3. The van der Waals surface area contributed by atoms with Gasteiger partial charge in [0.05, 0.1) is 32.9 Å². The summed E-state index contributed by atoms with van der Waals surface area (Å²) in [6.07, 6.45) is 0.578. The number of carbonyl (C=O) groups excluding carboxylic acids is 3. The van der Waals surface area contributed by atoms with E-state index in [1.165, 1.54) is 11.3 Å². The molecule has 0 fully saturated rings. The van der Waals surface area contributed by atoms with Crippen LogP contribution in [0.3, 0.4) is 0 Å². The van der Waals surface area contributed by atoms with Gasteiger partial charge in [0, 0.05) is 13.0 Å². The first-order chi connectivity index (χ1) is 17.0. The number of aromatic nitrogens is 1. The average molecular weight is 488 g/mol. The number of amides is 2. The van der Waals surface area contributed by atoms with Crippen LogP contribution in [-0.4, -0.2) is 29.4 Å². The normalized spacial score (nSPS) is 10.7. The highest BCUT2D eigenvalue weighted by Crippen LogP contribution is 2.22. The predicted molar refractivity (Wildman–Crippen MR) is 136 cm³/mol. The molecule has 0 aliphatic heterocycles. The van der Waals surface area contributed by atoms with Crippen LogP contribution in [0.1, 0.15) is 32.9 Å². The van der Waals surface area contributed by atoms with Crippen LogP contribution in [0.2, 0.25) is 0 Å². The number of para-hydroxylation sites is 2. The molecule has 4 aromatic rings. The van der Waals surface area contributed by atoms with Crippen molar-refractivity contribution in [3.63, 3.8) is 0 Å². The summed E-state index contributed by atoms with van der Waals surface area (Å²) in [7, 11) is 0. The van der Waals surface area contributed by atoms with Gasteiger partial charge in [-0.25, -0.2) is 4.98 Å². The van der Waals surface area contributed by atoms with Gasteiger partial charge in [0.15, 0.2) is 6.61 Å². The fourth-order valence-corrected chi connectivity index (χ4v) is 4.38. The van der Waals surface area contributed by atoms with E-state index in [4.69, 9.17) is 4.74 Å². The second-order valence-electron chi connectivity index (χ2n) is 8.00. The summed E-state index contributed by atoms with van der Waals surface area (Å²) in [6, 6.07) is 22.4. The van der Waals surface area contributed by atoms with Crippen molar-refractivity contribution < 1.29 is 19.1 Å². The highest BCUT2D eigenvalue weighted by Gasteiger charge is 2.15. The summed E-state index contributed by atoms with van der Waals surface area (Å²) < 4.78 is 6.18. The standard InChI is InChI=1S/C27H25N3O4S/c1-18-10-12-19(13-11-18)16-28-27(33)20-6-2-3-7-21(20)29-24(31)17-34-26(32)15-14-25-30-22-8-4-5-9-23(22)35-25/h2-13H,14-17H2,1H3,(H,28,33)(H,29,31). The maximum absolute atomic E-state index is 12.7. The largest absolute Gasteiger partial charge is 0.456 e. The molecule has 1 heterocycles. The minimum absolute atomic E-state index is 0.130. The lowest BCUT2D eigenvalue weighted by Gasteiger charge is -2.12. The topological polar surface area (TPSA) is 97.4 Å². The zero-order chi connectivity index (χ0) is 24.6. The molecular weight excluding hydrogens is 462 g/mol. The Bertz CT molecular complexity index is 1320. The highest BCUT2D eigenvalue weighted by atomic mass is 32.1. The van der Waals surface area contributed by atoms with Crippen LogP contribution in [0, 0.1) is 6.92 Å². The van der Waals surface area contributed by atoms with Gasteiger partial charge in [0.2, 0.25) is 0 Å². The van der Waals surface area contributed by atoms with Crippen LogP contribution in [0.25, 0.3) is 10.2 Å². The molecule has 7 nitrogen and oxygen atoms in total. The molecule has 0 bridgehead atoms. The zero-order valence-corrected chi connectivity index (χ0v) is 20.1. The molecule has 0 saturated carbocycles. The second-order valence-corrected chi connectivity index (χ2v) is 9.11. The number of aryl methyl sites for hydroxylation is 2. The molecule has 178 valence electrons. The van der Waals surface area contributed by atoms with Crippen LogP contribution in [0.5, 0.6) is 0 Å². The van der Waals surface area contributed by atoms with Gasteiger partial charge >= 0.3 is 5.97 Å². The summed E-state index contributed by atoms with van der Waals surface area (Å²) in [5, 5.41) is 6.36. The number of thiazole rings is 1. The maximum Gasteiger partial charge on any atom is 0.306 e. The lowest BCUT2D eigenvalue weighted by molar-refractivity contribution is -0.147. The van der Waals surface area contributed by atoms with Crippen LogP contribution >= 0.6 is 11.3 Å². The van der Waals surface area contributed by atoms with Crippen molar-refractivity contribution in [2.75, 3.05) is 11.9 Å². The van der Waals surface area contributed by atoms with Crippen molar-refractivity contribution in [1.82, 2.24) is 10.3 Å². The number of rotatable bonds is 9. The van der Waals surface area contributed by atoms with E-state index in [-0.39, 0.29) is 12.3 Å². The zero-order valence-electron chi connectivity index (χ0n) is 19.2. The first-order valence-corrected chi connectivity index (χ1v) is 12.0. The van der Waals surface area contributed by atoms with Gasteiger partial charge in [-0.05, 0) is 36.8 Å². The quantitative estimate of drug-likeness (QED) is 0.335. The molecule has 0 saturated heterocycles. The highest BCUT2D eigenvalue weighted by molar-refractivity contribution is 7.18. The Balaban J connectivity index is 1.25. The van der Waals surface area contributed by atoms with Crippen molar-refractivity contribution in [2.24, 2.45) is 0 Å². The van der Waals surface area contributed by atoms with Crippen molar-refractivity contribution >= 4 is 45.0 Å². The summed E-state index contributed by atoms with van der Waals surface area (Å²) in [6.45, 7) is 1.94. The predicted octanol–water partition coefficient (Wildman–Crippen LogP) is 4.65. The molecule has 35 heavy (non-hydrogen) atoms. The van der Waals surface area contributed by atoms with E-state index in [1.807, 2.05) is 55.5 Å². The molecule has 0 radical (unpaired) electrons. The number of anilines is 1. The third-order valence-electron chi connectivity index (χ3n) is 5.26. The molecule has 1 aromatic heterocycles. The van der Waals surface area contributed by atoms with E-state index >= 15 is 0 Å². The number of nitrogens with zero attached hydrogens (tertiary/aromatic N) is 1. The number of ether oxygens (including phenoxy) is 1. The minimum atomic E-state index is -0.517. The SMILES string of the molecule is Cc1ccc(CNC(=O)c2ccccc2NC(=O)COC(=O)CCc2nc3ccccc3s2)cc1. The van der Waals surface area contributed by atoms with Gasteiger partial charge in [0.25, 0.3) is 11.8 Å². The van der Waals surface area contributed by atoms with E-state index in [9.17, 15) is 14.4 Å². The Morgan fingerprint density at radius 1 is 0.943 bits per heavy atom. The van der Waals surface area contributed by atoms with Crippen LogP contribution in [0.4, 0.5) is 5.69 Å². The molecular formula is C27H25N3O4S. The van der Waals surface area contributed by atoms with Crippen molar-refractivity contribution in [3.05, 3.63) is 94.5 Å². The Morgan fingerprint density at radius 2 is 1.69 bits per heavy atom. The Labute approximate surface area is 207 Å². The van der Waals surface area contributed by atoms with E-state index in [0.29, 0.717) is 24.2 Å². The average Bonchev–Trinajstić information content (AvgIpc) is 3.29. The molecule has 0 spiro atoms. The van der Waals surface area contributed by atoms with Gasteiger partial charge in [0.1, 0.15) is 0 Å². The molecule has 4 rings (SSSR count). The molecule has 3 aromatic carbocycles. The van der Waals surface area contributed by atoms with Gasteiger partial charge in [-0.15, -0.1) is 11.3 Å². The summed E-state index contributed by atoms with van der Waals surface area (Å²) in [4.78, 5) is 41.7. The molecule has 8 heteroatoms. The third kappa shape index (κ3) is 6.74. The van der Waals surface area contributed by atoms with Crippen molar-refractivity contribution in [3.8, 4) is 0 Å². The Kier molecular flexibility index (Phi) is 7.84. The summed E-state index contributed by atoms with van der Waals surface area (Å²) in [5.41, 5.74) is 3.70. The van der Waals surface area contributed by atoms with Crippen molar-refractivity contribution in [2.45, 2.75) is 26.3 Å². The van der Waals surface area contributed by atoms with E-state index < -0.39 is 18.5 Å². The van der Waals surface area contributed by atoms with E-state index in [0.717, 1.165) is 26.4 Å². The first-order valence-electron chi connectivity index (χ1n) is 11.2. The monoisotopic (exact) mass is 487 g/mol. The molecule has 0 aliphatic carbocycles. The fraction of sp³-hybridized carbons (Fsp3) is 0.185. The molecule has 0 unspecified atom stereocenters. The minimum Gasteiger partial charge on any atom is -0.456 e. The number of esters is 1. The van der Waals surface area contributed by atoms with Gasteiger partial charge in [-0.3, -0.25) is 14.4 Å². The lowest BCUT2D eigenvalue weighted by Crippen LogP contribution is -2.26. The van der Waals surface area contributed by atoms with Crippen molar-refractivity contribution in [1.29, 1.82) is 0 Å². The Hall–Kier alpha value is -4.04. The van der Waals surface area contributed by atoms with Crippen LogP contribution in [0.15, 0.2) is 72.8 Å². The molecule has 0 aliphatic rings. The number of fused-ring (bicyclic) bond motifs is 1.